The second-order valence-corrected chi connectivity index (χ2v) is 11.8. The lowest BCUT2D eigenvalue weighted by molar-refractivity contribution is 0.669. The largest absolute Gasteiger partial charge is 0.456 e. The van der Waals surface area contributed by atoms with Crippen LogP contribution in [0.5, 0.6) is 0 Å². The van der Waals surface area contributed by atoms with E-state index in [4.69, 9.17) is 67.2 Å². The molecule has 1 nitrogen and oxygen atoms in total. The van der Waals surface area contributed by atoms with Gasteiger partial charge in [0, 0.05) is 10.8 Å². The van der Waals surface area contributed by atoms with Gasteiger partial charge in [-0.05, 0) is 73.1 Å². The second kappa shape index (κ2) is 11.0. The summed E-state index contributed by atoms with van der Waals surface area (Å²) in [5.41, 5.74) is 7.98. The fourth-order valence-corrected chi connectivity index (χ4v) is 6.97. The Kier molecular flexibility index (Phi) is 6.95. The zero-order valence-electron chi connectivity index (χ0n) is 25.3. The van der Waals surface area contributed by atoms with Crippen molar-refractivity contribution in [2.75, 3.05) is 0 Å². The first-order valence-electron chi connectivity index (χ1n) is 15.0. The van der Waals surface area contributed by atoms with Gasteiger partial charge in [-0.2, -0.15) is 0 Å². The smallest absolute Gasteiger partial charge is 0.136 e. The molecule has 8 aromatic rings. The molecule has 0 atom stereocenters. The Morgan fingerprint density at radius 1 is 0.340 bits per heavy atom. The summed E-state index contributed by atoms with van der Waals surface area (Å²) >= 11 is 0. The third-order valence-corrected chi connectivity index (χ3v) is 9.25. The van der Waals surface area contributed by atoms with Crippen LogP contribution in [0.4, 0.5) is 0 Å². The molecule has 8 rings (SSSR count). The number of benzene rings is 7. The standard InChI is InChI=1S/C38H16B8O/c39-31-27-24(19-11-6-10-18(16-19)17-8-2-1-3-9-17)28-30(34(42)38(46)36(44)32(28)40)26(29(27)33(41)37(45)35(31)43)21-13-7-15-23-25(21)20-12-4-5-14-22(20)47-23/h1-16H. The number of fused-ring (bicyclic) bond motifs is 5. The Hall–Kier alpha value is -4.62. The van der Waals surface area contributed by atoms with E-state index in [0.717, 1.165) is 38.6 Å². The van der Waals surface area contributed by atoms with Crippen molar-refractivity contribution in [2.24, 2.45) is 0 Å². The molecule has 0 saturated heterocycles. The molecule has 7 aromatic carbocycles. The molecule has 9 heteroatoms. The van der Waals surface area contributed by atoms with E-state index in [1.165, 1.54) is 0 Å². The van der Waals surface area contributed by atoms with Gasteiger partial charge in [0.05, 0.1) is 0 Å². The van der Waals surface area contributed by atoms with Gasteiger partial charge in [-0.15, -0.1) is 21.9 Å². The molecule has 0 aliphatic carbocycles. The molecule has 0 aliphatic heterocycles. The van der Waals surface area contributed by atoms with Gasteiger partial charge in [0.1, 0.15) is 73.9 Å². The third kappa shape index (κ3) is 4.28. The van der Waals surface area contributed by atoms with Crippen LogP contribution >= 0.6 is 0 Å². The lowest BCUT2D eigenvalue weighted by Crippen LogP contribution is -2.50. The molecule has 1 aromatic heterocycles. The highest BCUT2D eigenvalue weighted by Gasteiger charge is 2.26. The Balaban J connectivity index is 1.67. The molecule has 0 unspecified atom stereocenters. The van der Waals surface area contributed by atoms with Crippen LogP contribution in [0.25, 0.3) is 76.9 Å². The lowest BCUT2D eigenvalue weighted by Gasteiger charge is -2.29. The van der Waals surface area contributed by atoms with E-state index in [0.29, 0.717) is 38.3 Å². The van der Waals surface area contributed by atoms with Crippen LogP contribution in [-0.4, -0.2) is 62.8 Å². The summed E-state index contributed by atoms with van der Waals surface area (Å²) in [6.45, 7) is 0. The summed E-state index contributed by atoms with van der Waals surface area (Å²) in [4.78, 5) is 0. The van der Waals surface area contributed by atoms with Crippen LogP contribution in [0.2, 0.25) is 0 Å². The normalized spacial score (nSPS) is 11.7. The number of para-hydroxylation sites is 1. The van der Waals surface area contributed by atoms with Gasteiger partial charge in [0.25, 0.3) is 0 Å². The zero-order valence-corrected chi connectivity index (χ0v) is 25.3. The Bertz CT molecular complexity index is 2530. The molecule has 0 aliphatic rings. The van der Waals surface area contributed by atoms with Crippen molar-refractivity contribution < 1.29 is 4.42 Å². The highest BCUT2D eigenvalue weighted by molar-refractivity contribution is 6.71. The van der Waals surface area contributed by atoms with E-state index in [1.807, 2.05) is 91.0 Å². The zero-order chi connectivity index (χ0) is 32.7. The van der Waals surface area contributed by atoms with Crippen LogP contribution in [0.15, 0.2) is 101 Å². The van der Waals surface area contributed by atoms with Crippen molar-refractivity contribution in [1.82, 2.24) is 0 Å². The molecule has 1 heterocycles. The van der Waals surface area contributed by atoms with E-state index in [9.17, 15) is 0 Å². The van der Waals surface area contributed by atoms with Crippen molar-refractivity contribution in [3.8, 4) is 33.4 Å². The molecular weight excluding hydrogens is 559 g/mol. The van der Waals surface area contributed by atoms with Crippen LogP contribution in [-0.2, 0) is 0 Å². The van der Waals surface area contributed by atoms with E-state index in [-0.39, 0.29) is 43.7 Å². The fourth-order valence-electron chi connectivity index (χ4n) is 6.97. The van der Waals surface area contributed by atoms with Crippen LogP contribution in [0.1, 0.15) is 0 Å². The van der Waals surface area contributed by atoms with Crippen LogP contribution in [0, 0.1) is 0 Å². The van der Waals surface area contributed by atoms with Crippen molar-refractivity contribution in [2.45, 2.75) is 0 Å². The molecule has 0 N–H and O–H groups in total. The minimum absolute atomic E-state index is 0.166. The van der Waals surface area contributed by atoms with E-state index in [2.05, 4.69) is 6.07 Å². The summed E-state index contributed by atoms with van der Waals surface area (Å²) in [5, 5.41) is 4.03. The lowest BCUT2D eigenvalue weighted by atomic mass is 9.59. The van der Waals surface area contributed by atoms with Gasteiger partial charge in [-0.1, -0.05) is 101 Å². The topological polar surface area (TPSA) is 13.1 Å². The van der Waals surface area contributed by atoms with Crippen molar-refractivity contribution in [1.29, 1.82) is 0 Å². The molecule has 0 spiro atoms. The SMILES string of the molecule is [B]c1c([B])c([B])c2c(-c3cccc4oc5ccccc5c34)c3c([B])c([B])c([B])c([B])c3c(-c3cccc(-c4ccccc4)c3)c2c1[B]. The van der Waals surface area contributed by atoms with Crippen LogP contribution in [0.3, 0.4) is 0 Å². The van der Waals surface area contributed by atoms with Crippen molar-refractivity contribution in [3.05, 3.63) is 97.1 Å². The minimum atomic E-state index is 0.166. The molecular formula is C38H16B8O. The molecule has 16 radical (unpaired) electrons. The van der Waals surface area contributed by atoms with Crippen LogP contribution < -0.4 is 43.7 Å². The Labute approximate surface area is 283 Å². The predicted molar refractivity (Wildman–Crippen MR) is 208 cm³/mol. The van der Waals surface area contributed by atoms with Gasteiger partial charge >= 0.3 is 0 Å². The molecule has 0 fully saturated rings. The summed E-state index contributed by atoms with van der Waals surface area (Å²) in [6, 6.07) is 31.7. The molecule has 0 saturated carbocycles. The molecule has 198 valence electrons. The van der Waals surface area contributed by atoms with E-state index in [1.54, 1.807) is 0 Å². The first-order valence-corrected chi connectivity index (χ1v) is 15.0. The van der Waals surface area contributed by atoms with Gasteiger partial charge in [0.15, 0.2) is 0 Å². The molecule has 47 heavy (non-hydrogen) atoms. The first-order chi connectivity index (χ1) is 22.7. The molecule has 0 amide bonds. The second-order valence-electron chi connectivity index (χ2n) is 11.8. The van der Waals surface area contributed by atoms with Gasteiger partial charge < -0.3 is 4.42 Å². The molecule has 0 bridgehead atoms. The highest BCUT2D eigenvalue weighted by atomic mass is 16.3. The van der Waals surface area contributed by atoms with Gasteiger partial charge in [-0.3, -0.25) is 0 Å². The number of furan rings is 1. The van der Waals surface area contributed by atoms with Crippen molar-refractivity contribution in [3.63, 3.8) is 0 Å². The predicted octanol–water partition coefficient (Wildman–Crippen LogP) is 1.24. The maximum atomic E-state index is 6.96. The van der Waals surface area contributed by atoms with Gasteiger partial charge in [0.2, 0.25) is 0 Å². The average Bonchev–Trinajstić information content (AvgIpc) is 3.49. The summed E-state index contributed by atoms with van der Waals surface area (Å²) in [6.07, 6.45) is 0. The summed E-state index contributed by atoms with van der Waals surface area (Å²) in [5.74, 6) is 0. The third-order valence-electron chi connectivity index (χ3n) is 9.25. The van der Waals surface area contributed by atoms with Crippen molar-refractivity contribution >= 4 is 150 Å². The Morgan fingerprint density at radius 3 is 1.43 bits per heavy atom. The minimum Gasteiger partial charge on any atom is -0.456 e. The van der Waals surface area contributed by atoms with E-state index >= 15 is 0 Å². The number of hydrogen-bond donors (Lipinski definition) is 0. The fraction of sp³-hybridized carbons (Fsp3) is 0. The average molecular weight is 575 g/mol. The number of hydrogen-bond acceptors (Lipinski definition) is 1. The van der Waals surface area contributed by atoms with E-state index < -0.39 is 0 Å². The number of rotatable bonds is 3. The summed E-state index contributed by atoms with van der Waals surface area (Å²) < 4.78 is 6.28. The quantitative estimate of drug-likeness (QED) is 0.229. The highest BCUT2D eigenvalue weighted by Crippen LogP contribution is 2.45. The summed E-state index contributed by atoms with van der Waals surface area (Å²) in [7, 11) is 54.1. The maximum absolute atomic E-state index is 6.96. The Morgan fingerprint density at radius 2 is 0.809 bits per heavy atom. The van der Waals surface area contributed by atoms with Gasteiger partial charge in [-0.25, -0.2) is 0 Å². The maximum Gasteiger partial charge on any atom is 0.136 e. The monoisotopic (exact) mass is 576 g/mol. The first kappa shape index (κ1) is 29.8.